The highest BCUT2D eigenvalue weighted by Crippen LogP contribution is 2.33. The highest BCUT2D eigenvalue weighted by Gasteiger charge is 2.39. The standard InChI is InChI=1S/C21H29FN6O/c1-14-4-5-15(8-18(14)22)10-27-11-16-9-19-24-25-20(28(19)13-17(16)12-27)21(29)23-6-7-26(2)3/h4-5,8,16-17H,6-7,9-13H2,1-3H3,(H,23,29)/t16-,17-/m1/s1. The van der Waals surface area contributed by atoms with Crippen LogP contribution < -0.4 is 5.32 Å². The number of nitrogens with one attached hydrogen (secondary N) is 1. The molecule has 1 saturated heterocycles. The first-order valence-corrected chi connectivity index (χ1v) is 10.2. The first-order valence-electron chi connectivity index (χ1n) is 10.2. The van der Waals surface area contributed by atoms with Crippen molar-refractivity contribution in [2.24, 2.45) is 11.8 Å². The molecule has 1 aromatic carbocycles. The summed E-state index contributed by atoms with van der Waals surface area (Å²) in [6, 6.07) is 5.49. The van der Waals surface area contributed by atoms with E-state index in [0.29, 0.717) is 29.8 Å². The number of likely N-dealkylation sites (N-methyl/N-ethyl adjacent to an activating group) is 1. The van der Waals surface area contributed by atoms with Gasteiger partial charge in [-0.3, -0.25) is 9.69 Å². The van der Waals surface area contributed by atoms with E-state index in [-0.39, 0.29) is 11.7 Å². The second-order valence-corrected chi connectivity index (χ2v) is 8.61. The van der Waals surface area contributed by atoms with Crippen LogP contribution >= 0.6 is 0 Å². The Kier molecular flexibility index (Phi) is 5.65. The van der Waals surface area contributed by atoms with E-state index in [1.165, 1.54) is 0 Å². The van der Waals surface area contributed by atoms with Crippen molar-refractivity contribution in [1.82, 2.24) is 29.9 Å². The summed E-state index contributed by atoms with van der Waals surface area (Å²) in [5.41, 5.74) is 1.69. The molecule has 0 bridgehead atoms. The number of aromatic nitrogens is 3. The molecule has 2 aromatic rings. The average molecular weight is 401 g/mol. The van der Waals surface area contributed by atoms with Crippen LogP contribution in [0.25, 0.3) is 0 Å². The Hall–Kier alpha value is -2.32. The van der Waals surface area contributed by atoms with Gasteiger partial charge in [0, 0.05) is 45.7 Å². The molecule has 4 rings (SSSR count). The SMILES string of the molecule is Cc1ccc(CN2C[C@H]3Cc4nnc(C(=O)NCCN(C)C)n4C[C@H]3C2)cc1F. The van der Waals surface area contributed by atoms with Gasteiger partial charge in [0.25, 0.3) is 5.91 Å². The number of carbonyl (C=O) groups excluding carboxylic acids is 1. The highest BCUT2D eigenvalue weighted by molar-refractivity contribution is 5.90. The molecule has 0 saturated carbocycles. The quantitative estimate of drug-likeness (QED) is 0.792. The number of fused-ring (bicyclic) bond motifs is 2. The van der Waals surface area contributed by atoms with E-state index in [1.807, 2.05) is 35.7 Å². The van der Waals surface area contributed by atoms with E-state index in [2.05, 4.69) is 20.4 Å². The number of aryl methyl sites for hydroxylation is 1. The van der Waals surface area contributed by atoms with Crippen LogP contribution in [-0.4, -0.2) is 70.7 Å². The molecule has 0 spiro atoms. The molecule has 1 fully saturated rings. The molecule has 1 aromatic heterocycles. The number of likely N-dealkylation sites (tertiary alicyclic amines) is 1. The van der Waals surface area contributed by atoms with E-state index in [9.17, 15) is 9.18 Å². The Morgan fingerprint density at radius 2 is 2.03 bits per heavy atom. The minimum absolute atomic E-state index is 0.143. The maximum Gasteiger partial charge on any atom is 0.289 e. The predicted octanol–water partition coefficient (Wildman–Crippen LogP) is 1.32. The third-order valence-electron chi connectivity index (χ3n) is 6.03. The second-order valence-electron chi connectivity index (χ2n) is 8.61. The van der Waals surface area contributed by atoms with Crippen molar-refractivity contribution in [3.05, 3.63) is 46.8 Å². The van der Waals surface area contributed by atoms with Gasteiger partial charge in [0.1, 0.15) is 11.6 Å². The van der Waals surface area contributed by atoms with Gasteiger partial charge in [0.05, 0.1) is 0 Å². The Morgan fingerprint density at radius 3 is 2.79 bits per heavy atom. The lowest BCUT2D eigenvalue weighted by atomic mass is 9.89. The molecular formula is C21H29FN6O. The van der Waals surface area contributed by atoms with Crippen LogP contribution in [0.4, 0.5) is 4.39 Å². The number of nitrogens with zero attached hydrogens (tertiary/aromatic N) is 5. The molecule has 1 N–H and O–H groups in total. The van der Waals surface area contributed by atoms with Crippen molar-refractivity contribution >= 4 is 5.91 Å². The molecule has 2 atom stereocenters. The smallest absolute Gasteiger partial charge is 0.289 e. The number of amides is 1. The summed E-state index contributed by atoms with van der Waals surface area (Å²) in [6.45, 7) is 6.59. The topological polar surface area (TPSA) is 66.3 Å². The molecule has 8 heteroatoms. The van der Waals surface area contributed by atoms with Crippen molar-refractivity contribution in [2.75, 3.05) is 40.3 Å². The van der Waals surface area contributed by atoms with Gasteiger partial charge >= 0.3 is 0 Å². The van der Waals surface area contributed by atoms with Gasteiger partial charge in [0.15, 0.2) is 0 Å². The minimum Gasteiger partial charge on any atom is -0.348 e. The number of halogens is 1. The Morgan fingerprint density at radius 1 is 1.24 bits per heavy atom. The van der Waals surface area contributed by atoms with Gasteiger partial charge in [-0.05, 0) is 50.0 Å². The number of carbonyl (C=O) groups is 1. The number of hydrogen-bond donors (Lipinski definition) is 1. The lowest BCUT2D eigenvalue weighted by Gasteiger charge is -2.25. The Labute approximate surface area is 170 Å². The molecule has 0 unspecified atom stereocenters. The van der Waals surface area contributed by atoms with E-state index in [1.54, 1.807) is 13.0 Å². The van der Waals surface area contributed by atoms with Crippen LogP contribution in [0.15, 0.2) is 18.2 Å². The normalized spacial score (nSPS) is 21.3. The lowest BCUT2D eigenvalue weighted by molar-refractivity contribution is 0.0932. The summed E-state index contributed by atoms with van der Waals surface area (Å²) < 4.78 is 15.8. The number of hydrogen-bond acceptors (Lipinski definition) is 5. The van der Waals surface area contributed by atoms with Gasteiger partial charge in [-0.1, -0.05) is 12.1 Å². The highest BCUT2D eigenvalue weighted by atomic mass is 19.1. The van der Waals surface area contributed by atoms with E-state index >= 15 is 0 Å². The number of benzene rings is 1. The molecule has 156 valence electrons. The first-order chi connectivity index (χ1) is 13.9. The van der Waals surface area contributed by atoms with Crippen LogP contribution in [-0.2, 0) is 19.5 Å². The van der Waals surface area contributed by atoms with Crippen LogP contribution in [0.3, 0.4) is 0 Å². The van der Waals surface area contributed by atoms with Crippen molar-refractivity contribution in [2.45, 2.75) is 26.4 Å². The molecule has 2 aliphatic heterocycles. The van der Waals surface area contributed by atoms with Crippen LogP contribution in [0.1, 0.15) is 27.6 Å². The third-order valence-corrected chi connectivity index (χ3v) is 6.03. The number of rotatable bonds is 6. The van der Waals surface area contributed by atoms with Crippen LogP contribution in [0.2, 0.25) is 0 Å². The summed E-state index contributed by atoms with van der Waals surface area (Å²) in [5.74, 6) is 1.97. The largest absolute Gasteiger partial charge is 0.348 e. The predicted molar refractivity (Wildman–Crippen MR) is 108 cm³/mol. The fraction of sp³-hybridized carbons (Fsp3) is 0.571. The monoisotopic (exact) mass is 400 g/mol. The maximum absolute atomic E-state index is 13.9. The average Bonchev–Trinajstić information content (AvgIpc) is 3.25. The Bertz CT molecular complexity index is 895. The summed E-state index contributed by atoms with van der Waals surface area (Å²) in [5, 5.41) is 11.4. The zero-order valence-electron chi connectivity index (χ0n) is 17.4. The zero-order valence-corrected chi connectivity index (χ0v) is 17.4. The fourth-order valence-corrected chi connectivity index (χ4v) is 4.38. The molecular weight excluding hydrogens is 371 g/mol. The lowest BCUT2D eigenvalue weighted by Crippen LogP contribution is -2.35. The maximum atomic E-state index is 13.9. The molecule has 1 amide bonds. The van der Waals surface area contributed by atoms with Crippen molar-refractivity contribution in [3.8, 4) is 0 Å². The zero-order chi connectivity index (χ0) is 20.5. The summed E-state index contributed by atoms with van der Waals surface area (Å²) in [6.07, 6.45) is 0.835. The molecule has 3 heterocycles. The van der Waals surface area contributed by atoms with E-state index < -0.39 is 0 Å². The molecule has 0 aliphatic carbocycles. The summed E-state index contributed by atoms with van der Waals surface area (Å²) in [7, 11) is 3.95. The second kappa shape index (κ2) is 8.20. The van der Waals surface area contributed by atoms with E-state index in [0.717, 1.165) is 50.5 Å². The fourth-order valence-electron chi connectivity index (χ4n) is 4.38. The minimum atomic E-state index is -0.158. The summed E-state index contributed by atoms with van der Waals surface area (Å²) >= 11 is 0. The van der Waals surface area contributed by atoms with Gasteiger partial charge in [-0.15, -0.1) is 10.2 Å². The van der Waals surface area contributed by atoms with E-state index in [4.69, 9.17) is 0 Å². The summed E-state index contributed by atoms with van der Waals surface area (Å²) in [4.78, 5) is 16.9. The van der Waals surface area contributed by atoms with Gasteiger partial charge in [0.2, 0.25) is 5.82 Å². The van der Waals surface area contributed by atoms with Gasteiger partial charge in [-0.25, -0.2) is 4.39 Å². The van der Waals surface area contributed by atoms with Crippen LogP contribution in [0.5, 0.6) is 0 Å². The van der Waals surface area contributed by atoms with Crippen molar-refractivity contribution in [3.63, 3.8) is 0 Å². The van der Waals surface area contributed by atoms with Crippen molar-refractivity contribution < 1.29 is 9.18 Å². The molecule has 7 nitrogen and oxygen atoms in total. The Balaban J connectivity index is 1.39. The van der Waals surface area contributed by atoms with Crippen LogP contribution in [0, 0.1) is 24.6 Å². The van der Waals surface area contributed by atoms with Gasteiger partial charge in [-0.2, -0.15) is 0 Å². The van der Waals surface area contributed by atoms with Gasteiger partial charge < -0.3 is 14.8 Å². The molecule has 0 radical (unpaired) electrons. The first kappa shape index (κ1) is 20.0. The molecule has 29 heavy (non-hydrogen) atoms. The third kappa shape index (κ3) is 4.33. The molecule has 2 aliphatic rings. The van der Waals surface area contributed by atoms with Crippen molar-refractivity contribution in [1.29, 1.82) is 0 Å².